The number of aromatic nitrogens is 5. The fourth-order valence-electron chi connectivity index (χ4n) is 4.12. The lowest BCUT2D eigenvalue weighted by Gasteiger charge is -2.34. The van der Waals surface area contributed by atoms with Crippen LogP contribution in [0.4, 0.5) is 29.6 Å². The third-order valence-corrected chi connectivity index (χ3v) is 6.41. The van der Waals surface area contributed by atoms with Crippen LogP contribution in [-0.2, 0) is 0 Å². The number of piperazine rings is 1. The van der Waals surface area contributed by atoms with Crippen molar-refractivity contribution in [1.82, 2.24) is 29.8 Å². The summed E-state index contributed by atoms with van der Waals surface area (Å²) in [4.78, 5) is 32.3. The van der Waals surface area contributed by atoms with Gasteiger partial charge in [-0.15, -0.1) is 0 Å². The smallest absolute Gasteiger partial charge is 0.231 e. The van der Waals surface area contributed by atoms with E-state index in [4.69, 9.17) is 9.97 Å². The Morgan fingerprint density at radius 2 is 1.31 bits per heavy atom. The van der Waals surface area contributed by atoms with E-state index >= 15 is 0 Å². The first-order valence-electron chi connectivity index (χ1n) is 13.2. The molecular weight excluding hydrogens is 442 g/mol. The van der Waals surface area contributed by atoms with Crippen LogP contribution in [0.2, 0.25) is 0 Å². The minimum atomic E-state index is 0.619. The summed E-state index contributed by atoms with van der Waals surface area (Å²) in [5.41, 5.74) is 0. The zero-order chi connectivity index (χ0) is 25.0. The van der Waals surface area contributed by atoms with E-state index in [9.17, 15) is 0 Å². The van der Waals surface area contributed by atoms with Crippen molar-refractivity contribution in [1.29, 1.82) is 0 Å². The van der Waals surface area contributed by atoms with E-state index in [-0.39, 0.29) is 0 Å². The zero-order valence-corrected chi connectivity index (χ0v) is 22.2. The Balaban J connectivity index is 1.52. The number of anilines is 5. The third kappa shape index (κ3) is 7.51. The van der Waals surface area contributed by atoms with Gasteiger partial charge in [0.1, 0.15) is 5.82 Å². The van der Waals surface area contributed by atoms with Crippen LogP contribution in [0.1, 0.15) is 41.0 Å². The van der Waals surface area contributed by atoms with E-state index in [0.29, 0.717) is 11.9 Å². The summed E-state index contributed by atoms with van der Waals surface area (Å²) in [5.74, 6) is 3.73. The van der Waals surface area contributed by atoms with Crippen molar-refractivity contribution >= 4 is 29.6 Å². The van der Waals surface area contributed by atoms with Gasteiger partial charge < -0.3 is 30.2 Å². The standard InChI is InChI=1S/C24H43N11/c1-6-32-16-18-35(19-17-32)20-12-15-27-21(28-20)25-13-11-14-26-22-29-23(33(7-2)8-3)31-24(30-22)34(9-4)10-5/h12,15H,6-11,13-14,16-19H2,1-5H3,(H,25,27,28)(H,26,29,30,31). The number of likely N-dealkylation sites (N-methyl/N-ethyl adjacent to an activating group) is 1. The second kappa shape index (κ2) is 13.8. The molecule has 2 aromatic heterocycles. The van der Waals surface area contributed by atoms with Crippen molar-refractivity contribution in [2.75, 3.05) is 97.3 Å². The maximum atomic E-state index is 4.72. The first-order valence-corrected chi connectivity index (χ1v) is 13.2. The summed E-state index contributed by atoms with van der Waals surface area (Å²) in [7, 11) is 0. The Labute approximate surface area is 210 Å². The van der Waals surface area contributed by atoms with Crippen molar-refractivity contribution in [3.63, 3.8) is 0 Å². The molecule has 1 fully saturated rings. The Morgan fingerprint density at radius 3 is 1.86 bits per heavy atom. The molecule has 2 aromatic rings. The fourth-order valence-corrected chi connectivity index (χ4v) is 4.12. The third-order valence-electron chi connectivity index (χ3n) is 6.41. The molecule has 0 amide bonds. The molecule has 3 rings (SSSR count). The molecule has 1 aliphatic heterocycles. The van der Waals surface area contributed by atoms with Gasteiger partial charge in [-0.3, -0.25) is 0 Å². The van der Waals surface area contributed by atoms with Crippen LogP contribution in [-0.4, -0.2) is 102 Å². The summed E-state index contributed by atoms with van der Waals surface area (Å²) < 4.78 is 0. The molecule has 0 unspecified atom stereocenters. The highest BCUT2D eigenvalue weighted by Crippen LogP contribution is 2.17. The lowest BCUT2D eigenvalue weighted by molar-refractivity contribution is 0.270. The van der Waals surface area contributed by atoms with Crippen LogP contribution in [0.15, 0.2) is 12.3 Å². The van der Waals surface area contributed by atoms with Crippen molar-refractivity contribution < 1.29 is 0 Å². The maximum absolute atomic E-state index is 4.72. The van der Waals surface area contributed by atoms with Crippen LogP contribution >= 0.6 is 0 Å². The summed E-state index contributed by atoms with van der Waals surface area (Å²) in [6.07, 6.45) is 2.72. The molecule has 1 saturated heterocycles. The van der Waals surface area contributed by atoms with Gasteiger partial charge in [-0.2, -0.15) is 19.9 Å². The molecule has 35 heavy (non-hydrogen) atoms. The lowest BCUT2D eigenvalue weighted by Crippen LogP contribution is -2.46. The second-order valence-corrected chi connectivity index (χ2v) is 8.47. The number of nitrogens with zero attached hydrogens (tertiary/aromatic N) is 9. The number of hydrogen-bond acceptors (Lipinski definition) is 11. The van der Waals surface area contributed by atoms with Gasteiger partial charge in [0.05, 0.1) is 0 Å². The molecule has 0 bridgehead atoms. The molecular formula is C24H43N11. The van der Waals surface area contributed by atoms with E-state index in [2.05, 4.69) is 79.8 Å². The average Bonchev–Trinajstić information content (AvgIpc) is 2.90. The highest BCUT2D eigenvalue weighted by atomic mass is 15.4. The summed E-state index contributed by atoms with van der Waals surface area (Å²) in [5, 5.41) is 6.74. The number of nitrogens with one attached hydrogen (secondary N) is 2. The van der Waals surface area contributed by atoms with Gasteiger partial charge in [0.25, 0.3) is 0 Å². The van der Waals surface area contributed by atoms with Gasteiger partial charge in [-0.1, -0.05) is 6.92 Å². The van der Waals surface area contributed by atoms with Gasteiger partial charge in [0, 0.05) is 71.6 Å². The van der Waals surface area contributed by atoms with Crippen molar-refractivity contribution in [2.24, 2.45) is 0 Å². The van der Waals surface area contributed by atoms with Crippen molar-refractivity contribution in [2.45, 2.75) is 41.0 Å². The van der Waals surface area contributed by atoms with Gasteiger partial charge in [0.15, 0.2) is 0 Å². The van der Waals surface area contributed by atoms with Crippen LogP contribution in [0.5, 0.6) is 0 Å². The first kappa shape index (κ1) is 26.7. The highest BCUT2D eigenvalue weighted by molar-refractivity contribution is 5.45. The van der Waals surface area contributed by atoms with E-state index < -0.39 is 0 Å². The Morgan fingerprint density at radius 1 is 0.743 bits per heavy atom. The van der Waals surface area contributed by atoms with Gasteiger partial charge in [-0.05, 0) is 46.7 Å². The van der Waals surface area contributed by atoms with Gasteiger partial charge >= 0.3 is 0 Å². The Hall–Kier alpha value is -2.95. The zero-order valence-electron chi connectivity index (χ0n) is 22.2. The first-order chi connectivity index (χ1) is 17.1. The molecule has 2 N–H and O–H groups in total. The number of rotatable bonds is 14. The fraction of sp³-hybridized carbons (Fsp3) is 0.708. The van der Waals surface area contributed by atoms with Crippen molar-refractivity contribution in [3.05, 3.63) is 12.3 Å². The van der Waals surface area contributed by atoms with Crippen LogP contribution in [0, 0.1) is 0 Å². The minimum Gasteiger partial charge on any atom is -0.354 e. The molecule has 0 spiro atoms. The largest absolute Gasteiger partial charge is 0.354 e. The normalized spacial score (nSPS) is 14.1. The molecule has 0 saturated carbocycles. The molecule has 1 aliphatic rings. The molecule has 194 valence electrons. The quantitative estimate of drug-likeness (QED) is 0.386. The monoisotopic (exact) mass is 485 g/mol. The summed E-state index contributed by atoms with van der Waals surface area (Å²) >= 11 is 0. The highest BCUT2D eigenvalue weighted by Gasteiger charge is 2.17. The predicted octanol–water partition coefficient (Wildman–Crippen LogP) is 2.41. The van der Waals surface area contributed by atoms with E-state index in [1.807, 2.05) is 12.3 Å². The van der Waals surface area contributed by atoms with Crippen LogP contribution in [0.25, 0.3) is 0 Å². The van der Waals surface area contributed by atoms with Gasteiger partial charge in [-0.25, -0.2) is 4.98 Å². The molecule has 0 radical (unpaired) electrons. The molecule has 11 heteroatoms. The summed E-state index contributed by atoms with van der Waals surface area (Å²) in [6.45, 7) is 20.9. The second-order valence-electron chi connectivity index (χ2n) is 8.47. The molecule has 11 nitrogen and oxygen atoms in total. The van der Waals surface area contributed by atoms with E-state index in [0.717, 1.165) is 96.1 Å². The van der Waals surface area contributed by atoms with Gasteiger partial charge in [0.2, 0.25) is 23.8 Å². The molecule has 0 atom stereocenters. The minimum absolute atomic E-state index is 0.619. The average molecular weight is 486 g/mol. The van der Waals surface area contributed by atoms with E-state index in [1.54, 1.807) is 0 Å². The van der Waals surface area contributed by atoms with Crippen LogP contribution in [0.3, 0.4) is 0 Å². The lowest BCUT2D eigenvalue weighted by atomic mass is 10.3. The number of hydrogen-bond donors (Lipinski definition) is 2. The van der Waals surface area contributed by atoms with Crippen LogP contribution < -0.4 is 25.3 Å². The Bertz CT molecular complexity index is 847. The predicted molar refractivity (Wildman–Crippen MR) is 145 cm³/mol. The molecule has 0 aliphatic carbocycles. The topological polar surface area (TPSA) is 101 Å². The van der Waals surface area contributed by atoms with Crippen molar-refractivity contribution in [3.8, 4) is 0 Å². The SMILES string of the molecule is CCN1CCN(c2ccnc(NCCCNc3nc(N(CC)CC)nc(N(CC)CC)n3)n2)CC1. The molecule has 0 aromatic carbocycles. The van der Waals surface area contributed by atoms with E-state index in [1.165, 1.54) is 0 Å². The summed E-state index contributed by atoms with van der Waals surface area (Å²) in [6, 6.07) is 2.00. The Kier molecular flexibility index (Phi) is 10.5. The maximum Gasteiger partial charge on any atom is 0.231 e. The molecule has 3 heterocycles.